The van der Waals surface area contributed by atoms with Gasteiger partial charge in [0.1, 0.15) is 5.75 Å². The van der Waals surface area contributed by atoms with Gasteiger partial charge in [-0.3, -0.25) is 0 Å². The summed E-state index contributed by atoms with van der Waals surface area (Å²) in [6.07, 6.45) is -0.491. The first-order valence-corrected chi connectivity index (χ1v) is 6.64. The first-order chi connectivity index (χ1) is 8.90. The molecule has 0 spiro atoms. The lowest BCUT2D eigenvalue weighted by Gasteiger charge is -2.28. The van der Waals surface area contributed by atoms with E-state index < -0.39 is 6.10 Å². The van der Waals surface area contributed by atoms with E-state index in [4.69, 9.17) is 10.5 Å². The van der Waals surface area contributed by atoms with Crippen molar-refractivity contribution in [3.8, 4) is 5.75 Å². The van der Waals surface area contributed by atoms with Crippen molar-refractivity contribution in [3.05, 3.63) is 29.3 Å². The van der Waals surface area contributed by atoms with E-state index in [1.54, 1.807) is 7.11 Å². The summed E-state index contributed by atoms with van der Waals surface area (Å²) in [5.41, 5.74) is 7.70. The van der Waals surface area contributed by atoms with E-state index in [0.717, 1.165) is 12.3 Å². The van der Waals surface area contributed by atoms with Crippen LogP contribution in [0, 0.1) is 6.92 Å². The molecule has 0 saturated heterocycles. The highest BCUT2D eigenvalue weighted by Crippen LogP contribution is 2.31. The molecule has 0 fully saturated rings. The van der Waals surface area contributed by atoms with Crippen LogP contribution < -0.4 is 15.8 Å². The quantitative estimate of drug-likeness (QED) is 0.693. The Morgan fingerprint density at radius 2 is 2.11 bits per heavy atom. The topological polar surface area (TPSA) is 67.5 Å². The van der Waals surface area contributed by atoms with E-state index in [-0.39, 0.29) is 12.0 Å². The predicted octanol–water partition coefficient (Wildman–Crippen LogP) is 1.19. The molecule has 0 aliphatic rings. The summed E-state index contributed by atoms with van der Waals surface area (Å²) in [6.45, 7) is 7.93. The molecule has 1 aromatic rings. The van der Waals surface area contributed by atoms with Crippen LogP contribution >= 0.6 is 0 Å². The molecule has 4 N–H and O–H groups in total. The molecule has 0 amide bonds. The van der Waals surface area contributed by atoms with E-state index >= 15 is 0 Å². The summed E-state index contributed by atoms with van der Waals surface area (Å²) < 4.78 is 5.44. The van der Waals surface area contributed by atoms with Gasteiger partial charge in [-0.2, -0.15) is 0 Å². The second-order valence-electron chi connectivity index (χ2n) is 5.61. The van der Waals surface area contributed by atoms with Gasteiger partial charge in [0.15, 0.2) is 0 Å². The third-order valence-corrected chi connectivity index (χ3v) is 3.30. The van der Waals surface area contributed by atoms with E-state index in [0.29, 0.717) is 6.54 Å². The number of nitrogens with two attached hydrogens (primary N) is 1. The number of aliphatic hydroxyl groups excluding tert-OH is 1. The third kappa shape index (κ3) is 4.49. The largest absolute Gasteiger partial charge is 0.496 e. The van der Waals surface area contributed by atoms with Crippen molar-refractivity contribution in [2.45, 2.75) is 32.3 Å². The Hall–Kier alpha value is -1.10. The molecular weight excluding hydrogens is 240 g/mol. The highest BCUT2D eigenvalue weighted by molar-refractivity contribution is 5.41. The van der Waals surface area contributed by atoms with Crippen molar-refractivity contribution in [2.24, 2.45) is 5.73 Å². The fourth-order valence-electron chi connectivity index (χ4n) is 2.08. The number of rotatable bonds is 7. The number of aryl methyl sites for hydroxylation is 1. The Balaban J connectivity index is 2.78. The SMILES string of the molecule is COc1ccc(C)cc1C(C)(C)CNCC(O)CN. The fourth-order valence-corrected chi connectivity index (χ4v) is 2.08. The summed E-state index contributed by atoms with van der Waals surface area (Å²) in [7, 11) is 1.69. The Kier molecular flexibility index (Phi) is 5.79. The van der Waals surface area contributed by atoms with E-state index in [2.05, 4.69) is 32.2 Å². The number of hydrogen-bond donors (Lipinski definition) is 3. The molecule has 108 valence electrons. The van der Waals surface area contributed by atoms with Gasteiger partial charge in [0.25, 0.3) is 0 Å². The number of benzene rings is 1. The van der Waals surface area contributed by atoms with Crippen LogP contribution in [0.5, 0.6) is 5.75 Å². The van der Waals surface area contributed by atoms with Gasteiger partial charge in [-0.05, 0) is 13.0 Å². The molecule has 1 unspecified atom stereocenters. The van der Waals surface area contributed by atoms with Crippen molar-refractivity contribution >= 4 is 0 Å². The predicted molar refractivity (Wildman–Crippen MR) is 78.7 cm³/mol. The Morgan fingerprint density at radius 1 is 1.42 bits per heavy atom. The standard InChI is InChI=1S/C15H26N2O2/c1-11-5-6-14(19-4)13(7-11)15(2,3)10-17-9-12(18)8-16/h5-7,12,17-18H,8-10,16H2,1-4H3. The summed E-state index contributed by atoms with van der Waals surface area (Å²) in [4.78, 5) is 0. The molecule has 1 rings (SSSR count). The van der Waals surface area contributed by atoms with E-state index in [9.17, 15) is 5.11 Å². The lowest BCUT2D eigenvalue weighted by atomic mass is 9.83. The van der Waals surface area contributed by atoms with Gasteiger partial charge in [0.2, 0.25) is 0 Å². The van der Waals surface area contributed by atoms with Crippen molar-refractivity contribution in [1.29, 1.82) is 0 Å². The molecule has 0 radical (unpaired) electrons. The molecule has 0 aliphatic carbocycles. The van der Waals surface area contributed by atoms with Gasteiger partial charge in [-0.25, -0.2) is 0 Å². The summed E-state index contributed by atoms with van der Waals surface area (Å²) in [5.74, 6) is 0.900. The average molecular weight is 266 g/mol. The molecule has 0 saturated carbocycles. The Morgan fingerprint density at radius 3 is 2.68 bits per heavy atom. The first-order valence-electron chi connectivity index (χ1n) is 6.64. The van der Waals surface area contributed by atoms with Gasteiger partial charge in [0, 0.05) is 30.6 Å². The van der Waals surface area contributed by atoms with Gasteiger partial charge in [-0.1, -0.05) is 31.5 Å². The molecule has 0 aromatic heterocycles. The van der Waals surface area contributed by atoms with Crippen LogP contribution in [0.4, 0.5) is 0 Å². The zero-order valence-corrected chi connectivity index (χ0v) is 12.4. The zero-order valence-electron chi connectivity index (χ0n) is 12.4. The minimum Gasteiger partial charge on any atom is -0.496 e. The fraction of sp³-hybridized carbons (Fsp3) is 0.600. The normalized spacial score (nSPS) is 13.4. The minimum absolute atomic E-state index is 0.0777. The molecule has 19 heavy (non-hydrogen) atoms. The smallest absolute Gasteiger partial charge is 0.122 e. The Labute approximate surface area is 116 Å². The van der Waals surface area contributed by atoms with Crippen molar-refractivity contribution in [1.82, 2.24) is 5.32 Å². The molecular formula is C15H26N2O2. The number of methoxy groups -OCH3 is 1. The van der Waals surface area contributed by atoms with Crippen molar-refractivity contribution < 1.29 is 9.84 Å². The number of nitrogens with one attached hydrogen (secondary N) is 1. The molecule has 0 aliphatic heterocycles. The number of ether oxygens (including phenoxy) is 1. The average Bonchev–Trinajstić information content (AvgIpc) is 2.38. The maximum Gasteiger partial charge on any atom is 0.122 e. The highest BCUT2D eigenvalue weighted by Gasteiger charge is 2.24. The molecule has 0 heterocycles. The van der Waals surface area contributed by atoms with Crippen molar-refractivity contribution in [3.63, 3.8) is 0 Å². The van der Waals surface area contributed by atoms with Crippen LogP contribution in [0.1, 0.15) is 25.0 Å². The molecule has 1 aromatic carbocycles. The molecule has 0 bridgehead atoms. The van der Waals surface area contributed by atoms with Crippen LogP contribution in [-0.2, 0) is 5.41 Å². The van der Waals surface area contributed by atoms with Crippen LogP contribution in [0.3, 0.4) is 0 Å². The monoisotopic (exact) mass is 266 g/mol. The third-order valence-electron chi connectivity index (χ3n) is 3.30. The van der Waals surface area contributed by atoms with Gasteiger partial charge >= 0.3 is 0 Å². The first kappa shape index (κ1) is 16.0. The molecule has 1 atom stereocenters. The highest BCUT2D eigenvalue weighted by atomic mass is 16.5. The second kappa shape index (κ2) is 6.89. The summed E-state index contributed by atoms with van der Waals surface area (Å²) in [5, 5.41) is 12.7. The minimum atomic E-state index is -0.491. The van der Waals surface area contributed by atoms with Crippen molar-refractivity contribution in [2.75, 3.05) is 26.7 Å². The van der Waals surface area contributed by atoms with Crippen LogP contribution in [-0.4, -0.2) is 38.0 Å². The van der Waals surface area contributed by atoms with Crippen LogP contribution in [0.2, 0.25) is 0 Å². The van der Waals surface area contributed by atoms with Gasteiger partial charge in [-0.15, -0.1) is 0 Å². The maximum atomic E-state index is 9.46. The number of aliphatic hydroxyl groups is 1. The van der Waals surface area contributed by atoms with E-state index in [1.807, 2.05) is 12.1 Å². The van der Waals surface area contributed by atoms with Crippen LogP contribution in [0.15, 0.2) is 18.2 Å². The van der Waals surface area contributed by atoms with Gasteiger partial charge in [0.05, 0.1) is 13.2 Å². The Bertz CT molecular complexity index is 405. The lowest BCUT2D eigenvalue weighted by molar-refractivity contribution is 0.177. The van der Waals surface area contributed by atoms with E-state index in [1.165, 1.54) is 11.1 Å². The maximum absolute atomic E-state index is 9.46. The summed E-state index contributed by atoms with van der Waals surface area (Å²) >= 11 is 0. The summed E-state index contributed by atoms with van der Waals surface area (Å²) in [6, 6.07) is 6.20. The number of hydrogen-bond acceptors (Lipinski definition) is 4. The molecule has 4 nitrogen and oxygen atoms in total. The lowest BCUT2D eigenvalue weighted by Crippen LogP contribution is -2.39. The zero-order chi connectivity index (χ0) is 14.5. The second-order valence-corrected chi connectivity index (χ2v) is 5.61. The molecule has 4 heteroatoms. The van der Waals surface area contributed by atoms with Gasteiger partial charge < -0.3 is 20.9 Å². The van der Waals surface area contributed by atoms with Crippen LogP contribution in [0.25, 0.3) is 0 Å².